The summed E-state index contributed by atoms with van der Waals surface area (Å²) in [6.45, 7) is 12.9. The highest BCUT2D eigenvalue weighted by Gasteiger charge is 2.04. The van der Waals surface area contributed by atoms with Gasteiger partial charge in [0.2, 0.25) is 11.8 Å². The molecule has 0 radical (unpaired) electrons. The van der Waals surface area contributed by atoms with Crippen molar-refractivity contribution in [1.82, 2.24) is 10.6 Å². The fraction of sp³-hybridized carbons (Fsp3) is 0.542. The fourth-order valence-electron chi connectivity index (χ4n) is 2.73. The van der Waals surface area contributed by atoms with Crippen molar-refractivity contribution >= 4 is 23.2 Å². The number of nitrogens with one attached hydrogen (secondary N) is 4. The lowest BCUT2D eigenvalue weighted by atomic mass is 10.3. The van der Waals surface area contributed by atoms with Crippen LogP contribution in [0.25, 0.3) is 0 Å². The van der Waals surface area contributed by atoms with E-state index in [1.165, 1.54) is 12.2 Å². The Bertz CT molecular complexity index is 704. The minimum Gasteiger partial charge on any atom is -0.378 e. The van der Waals surface area contributed by atoms with Gasteiger partial charge in [0, 0.05) is 26.2 Å². The number of pyridine rings is 1. The molecule has 0 spiro atoms. The zero-order valence-electron chi connectivity index (χ0n) is 20.7. The average molecular weight is 495 g/mol. The summed E-state index contributed by atoms with van der Waals surface area (Å²) in [6, 6.07) is 2.03. The Balaban J connectivity index is 2.05. The van der Waals surface area contributed by atoms with Crippen LogP contribution < -0.4 is 25.8 Å². The van der Waals surface area contributed by atoms with Gasteiger partial charge in [0.1, 0.15) is 18.4 Å². The average Bonchev–Trinajstić information content (AvgIpc) is 2.85. The number of aryl methyl sites for hydroxylation is 1. The standard InChI is InChI=1S/C24H39N5O6/c1-4-23(30)27-8-12-34-16-14-32-10-6-25-21-18-22(20-29(3)19-21)26-7-11-33-15-17-35-13-9-28-24(31)5-2/h4-5,18-20,25-26H,1-2,6-17H2,3H3,(H-,27,28,30,31)/p+1. The number of anilines is 2. The largest absolute Gasteiger partial charge is 0.378 e. The van der Waals surface area contributed by atoms with E-state index in [4.69, 9.17) is 18.9 Å². The van der Waals surface area contributed by atoms with Gasteiger partial charge >= 0.3 is 0 Å². The molecule has 0 aliphatic rings. The van der Waals surface area contributed by atoms with Crippen LogP contribution in [0.15, 0.2) is 43.8 Å². The first-order valence-corrected chi connectivity index (χ1v) is 11.6. The third kappa shape index (κ3) is 17.1. The predicted octanol–water partition coefficient (Wildman–Crippen LogP) is 0.00570. The topological polar surface area (TPSA) is 123 Å². The number of rotatable bonds is 22. The first kappa shape index (κ1) is 30.0. The molecule has 2 amide bonds. The van der Waals surface area contributed by atoms with Crippen LogP contribution in [-0.2, 0) is 35.6 Å². The van der Waals surface area contributed by atoms with Gasteiger partial charge in [-0.15, -0.1) is 0 Å². The van der Waals surface area contributed by atoms with E-state index in [0.717, 1.165) is 11.4 Å². The molecule has 0 saturated heterocycles. The highest BCUT2D eigenvalue weighted by Crippen LogP contribution is 2.11. The molecule has 11 heteroatoms. The number of carbonyl (C=O) groups excluding carboxylic acids is 2. The lowest BCUT2D eigenvalue weighted by molar-refractivity contribution is -0.670. The number of amides is 2. The van der Waals surface area contributed by atoms with E-state index in [1.54, 1.807) is 0 Å². The summed E-state index contributed by atoms with van der Waals surface area (Å²) in [6.07, 6.45) is 6.45. The van der Waals surface area contributed by atoms with Crippen molar-refractivity contribution < 1.29 is 33.1 Å². The Hall–Kier alpha value is -2.99. The number of nitrogens with zero attached hydrogens (tertiary/aromatic N) is 1. The van der Waals surface area contributed by atoms with Crippen LogP contribution in [0, 0.1) is 0 Å². The Labute approximate surface area is 207 Å². The summed E-state index contributed by atoms with van der Waals surface area (Å²) in [5.74, 6) is -0.411. The summed E-state index contributed by atoms with van der Waals surface area (Å²) in [5, 5.41) is 12.0. The van der Waals surface area contributed by atoms with Gasteiger partial charge in [-0.3, -0.25) is 9.59 Å². The number of carbonyl (C=O) groups is 2. The zero-order chi connectivity index (χ0) is 25.6. The van der Waals surface area contributed by atoms with Crippen molar-refractivity contribution in [2.45, 2.75) is 0 Å². The highest BCUT2D eigenvalue weighted by molar-refractivity contribution is 5.87. The van der Waals surface area contributed by atoms with E-state index in [0.29, 0.717) is 79.0 Å². The third-order valence-corrected chi connectivity index (χ3v) is 4.35. The molecule has 4 N–H and O–H groups in total. The van der Waals surface area contributed by atoms with Crippen LogP contribution in [0.5, 0.6) is 0 Å². The van der Waals surface area contributed by atoms with Gasteiger partial charge in [-0.25, -0.2) is 4.57 Å². The van der Waals surface area contributed by atoms with Crippen LogP contribution in [0.1, 0.15) is 0 Å². The van der Waals surface area contributed by atoms with Gasteiger partial charge in [0.05, 0.1) is 52.9 Å². The van der Waals surface area contributed by atoms with Crippen LogP contribution in [-0.4, -0.2) is 90.8 Å². The van der Waals surface area contributed by atoms with Gasteiger partial charge in [0.15, 0.2) is 12.4 Å². The van der Waals surface area contributed by atoms with Crippen molar-refractivity contribution in [1.29, 1.82) is 0 Å². The summed E-state index contributed by atoms with van der Waals surface area (Å²) in [5.41, 5.74) is 1.96. The predicted molar refractivity (Wildman–Crippen MR) is 134 cm³/mol. The molecule has 11 nitrogen and oxygen atoms in total. The summed E-state index contributed by atoms with van der Waals surface area (Å²) >= 11 is 0. The second-order valence-corrected chi connectivity index (χ2v) is 7.27. The van der Waals surface area contributed by atoms with E-state index < -0.39 is 0 Å². The Kier molecular flexibility index (Phi) is 17.5. The molecule has 1 aromatic rings. The maximum atomic E-state index is 11.0. The van der Waals surface area contributed by atoms with Crippen molar-refractivity contribution in [3.05, 3.63) is 43.8 Å². The second kappa shape index (κ2) is 20.4. The summed E-state index contributed by atoms with van der Waals surface area (Å²) < 4.78 is 23.8. The highest BCUT2D eigenvalue weighted by atomic mass is 16.5. The minimum absolute atomic E-state index is 0.206. The molecule has 0 aliphatic heterocycles. The number of hydrogen-bond donors (Lipinski definition) is 4. The maximum Gasteiger partial charge on any atom is 0.243 e. The van der Waals surface area contributed by atoms with Gasteiger partial charge in [-0.1, -0.05) is 13.2 Å². The molecule has 0 aliphatic carbocycles. The van der Waals surface area contributed by atoms with Crippen LogP contribution >= 0.6 is 0 Å². The lowest BCUT2D eigenvalue weighted by Crippen LogP contribution is -2.29. The molecule has 0 aromatic carbocycles. The number of hydrogen-bond acceptors (Lipinski definition) is 8. The normalized spacial score (nSPS) is 10.4. The molecule has 196 valence electrons. The maximum absolute atomic E-state index is 11.0. The molecule has 0 bridgehead atoms. The quantitative estimate of drug-likeness (QED) is 0.101. The van der Waals surface area contributed by atoms with E-state index in [9.17, 15) is 9.59 Å². The number of ether oxygens (including phenoxy) is 4. The zero-order valence-corrected chi connectivity index (χ0v) is 20.7. The Morgan fingerprint density at radius 2 is 1.09 bits per heavy atom. The van der Waals surface area contributed by atoms with Crippen molar-refractivity contribution in [3.8, 4) is 0 Å². The SMILES string of the molecule is C=CC(=O)NCCOCCOCCNc1cc(NCCOCCOCCNC(=O)C=C)c[n+](C)c1. The van der Waals surface area contributed by atoms with Crippen molar-refractivity contribution in [3.63, 3.8) is 0 Å². The smallest absolute Gasteiger partial charge is 0.243 e. The van der Waals surface area contributed by atoms with Crippen LogP contribution in [0.3, 0.4) is 0 Å². The van der Waals surface area contributed by atoms with Gasteiger partial charge in [-0.05, 0) is 18.2 Å². The van der Waals surface area contributed by atoms with E-state index in [1.807, 2.05) is 30.1 Å². The molecule has 0 saturated carbocycles. The van der Waals surface area contributed by atoms with E-state index in [2.05, 4.69) is 34.4 Å². The molecule has 1 heterocycles. The lowest BCUT2D eigenvalue weighted by Gasteiger charge is -2.10. The van der Waals surface area contributed by atoms with Gasteiger partial charge < -0.3 is 40.2 Å². The molecule has 1 rings (SSSR count). The second-order valence-electron chi connectivity index (χ2n) is 7.27. The third-order valence-electron chi connectivity index (χ3n) is 4.35. The molecule has 1 aromatic heterocycles. The molecule has 0 fully saturated rings. The van der Waals surface area contributed by atoms with Crippen LogP contribution in [0.4, 0.5) is 11.4 Å². The molecule has 0 atom stereocenters. The molecule has 35 heavy (non-hydrogen) atoms. The molecular formula is C24H40N5O6+. The van der Waals surface area contributed by atoms with Gasteiger partial charge in [-0.2, -0.15) is 0 Å². The fourth-order valence-corrected chi connectivity index (χ4v) is 2.73. The first-order valence-electron chi connectivity index (χ1n) is 11.6. The number of aromatic nitrogens is 1. The minimum atomic E-state index is -0.206. The molecule has 0 unspecified atom stereocenters. The Morgan fingerprint density at radius 3 is 1.46 bits per heavy atom. The summed E-state index contributed by atoms with van der Waals surface area (Å²) in [7, 11) is 1.97. The van der Waals surface area contributed by atoms with Crippen molar-refractivity contribution in [2.75, 3.05) is 89.7 Å². The van der Waals surface area contributed by atoms with Gasteiger partial charge in [0.25, 0.3) is 0 Å². The molecular weight excluding hydrogens is 454 g/mol. The first-order chi connectivity index (χ1) is 17.0. The van der Waals surface area contributed by atoms with Crippen molar-refractivity contribution in [2.24, 2.45) is 7.05 Å². The monoisotopic (exact) mass is 494 g/mol. The summed E-state index contributed by atoms with van der Waals surface area (Å²) in [4.78, 5) is 22.0. The van der Waals surface area contributed by atoms with E-state index in [-0.39, 0.29) is 11.8 Å². The van der Waals surface area contributed by atoms with E-state index >= 15 is 0 Å². The van der Waals surface area contributed by atoms with Crippen LogP contribution in [0.2, 0.25) is 0 Å². The Morgan fingerprint density at radius 1 is 0.714 bits per heavy atom.